The van der Waals surface area contributed by atoms with Gasteiger partial charge in [-0.15, -0.1) is 0 Å². The lowest BCUT2D eigenvalue weighted by molar-refractivity contribution is -0.130. The first-order chi connectivity index (χ1) is 4.74. The van der Waals surface area contributed by atoms with Crippen molar-refractivity contribution in [2.75, 3.05) is 7.05 Å². The number of carbonyl (C=O) groups excluding carboxylic acids is 2. The molecule has 0 saturated heterocycles. The summed E-state index contributed by atoms with van der Waals surface area (Å²) in [6.45, 7) is 0. The average molecular weight is 146 g/mol. The van der Waals surface area contributed by atoms with Gasteiger partial charge in [-0.05, 0) is 7.05 Å². The summed E-state index contributed by atoms with van der Waals surface area (Å²) in [6.07, 6.45) is 0.561. The zero-order valence-electron chi connectivity index (χ0n) is 5.63. The van der Waals surface area contributed by atoms with E-state index in [1.165, 1.54) is 5.48 Å². The average Bonchev–Trinajstić information content (AvgIpc) is 1.99. The van der Waals surface area contributed by atoms with Gasteiger partial charge in [-0.25, -0.2) is 5.48 Å². The Kier molecular flexibility index (Phi) is 4.43. The fourth-order valence-corrected chi connectivity index (χ4v) is 0.464. The van der Waals surface area contributed by atoms with E-state index in [4.69, 9.17) is 5.21 Å². The van der Waals surface area contributed by atoms with Crippen LogP contribution in [0, 0.1) is 0 Å². The van der Waals surface area contributed by atoms with Gasteiger partial charge in [0.2, 0.25) is 5.91 Å². The number of hydrogen-bond donors (Lipinski definition) is 3. The van der Waals surface area contributed by atoms with Crippen LogP contribution < -0.4 is 10.8 Å². The van der Waals surface area contributed by atoms with Gasteiger partial charge < -0.3 is 10.1 Å². The van der Waals surface area contributed by atoms with Crippen LogP contribution in [0.25, 0.3) is 0 Å². The molecule has 5 heteroatoms. The molecule has 0 aliphatic heterocycles. The minimum atomic E-state index is -0.577. The lowest BCUT2D eigenvalue weighted by Crippen LogP contribution is -2.33. The van der Waals surface area contributed by atoms with Crippen LogP contribution in [0.2, 0.25) is 0 Å². The Morgan fingerprint density at radius 3 is 2.70 bits per heavy atom. The molecule has 0 bridgehead atoms. The monoisotopic (exact) mass is 146 g/mol. The molecule has 10 heavy (non-hydrogen) atoms. The SMILES string of the molecule is CNC(C=O)CC(=O)NO. The molecule has 0 aliphatic carbocycles. The maximum absolute atomic E-state index is 10.4. The first-order valence-electron chi connectivity index (χ1n) is 2.80. The molecule has 0 heterocycles. The predicted molar refractivity (Wildman–Crippen MR) is 33.5 cm³/mol. The van der Waals surface area contributed by atoms with Crippen molar-refractivity contribution < 1.29 is 14.8 Å². The van der Waals surface area contributed by atoms with Gasteiger partial charge in [-0.2, -0.15) is 0 Å². The fourth-order valence-electron chi connectivity index (χ4n) is 0.464. The maximum Gasteiger partial charge on any atom is 0.245 e. The number of aldehydes is 1. The molecule has 0 aromatic rings. The third kappa shape index (κ3) is 3.16. The quantitative estimate of drug-likeness (QED) is 0.261. The molecule has 0 rings (SSSR count). The summed E-state index contributed by atoms with van der Waals surface area (Å²) in [4.78, 5) is 20.4. The largest absolute Gasteiger partial charge is 0.310 e. The van der Waals surface area contributed by atoms with E-state index < -0.39 is 11.9 Å². The van der Waals surface area contributed by atoms with Gasteiger partial charge >= 0.3 is 0 Å². The Morgan fingerprint density at radius 2 is 2.40 bits per heavy atom. The summed E-state index contributed by atoms with van der Waals surface area (Å²) in [5, 5.41) is 10.6. The zero-order chi connectivity index (χ0) is 7.98. The van der Waals surface area contributed by atoms with Gasteiger partial charge in [0.1, 0.15) is 6.29 Å². The third-order valence-electron chi connectivity index (χ3n) is 1.07. The Morgan fingerprint density at radius 1 is 1.80 bits per heavy atom. The van der Waals surface area contributed by atoms with Gasteiger partial charge in [0.25, 0.3) is 0 Å². The van der Waals surface area contributed by atoms with Crippen molar-refractivity contribution >= 4 is 12.2 Å². The third-order valence-corrected chi connectivity index (χ3v) is 1.07. The Labute approximate surface area is 58.4 Å². The van der Waals surface area contributed by atoms with Crippen molar-refractivity contribution in [1.82, 2.24) is 10.8 Å². The standard InChI is InChI=1S/C5H10N2O3/c1-6-4(3-8)2-5(9)7-10/h3-4,6,10H,2H2,1H3,(H,7,9). The fraction of sp³-hybridized carbons (Fsp3) is 0.600. The van der Waals surface area contributed by atoms with E-state index in [1.807, 2.05) is 0 Å². The highest BCUT2D eigenvalue weighted by molar-refractivity contribution is 5.79. The van der Waals surface area contributed by atoms with Gasteiger partial charge in [-0.3, -0.25) is 10.0 Å². The summed E-state index contributed by atoms with van der Waals surface area (Å²) in [7, 11) is 1.56. The molecule has 1 atom stereocenters. The van der Waals surface area contributed by atoms with Crippen LogP contribution in [0.15, 0.2) is 0 Å². The highest BCUT2D eigenvalue weighted by atomic mass is 16.5. The second-order valence-corrected chi connectivity index (χ2v) is 1.77. The smallest absolute Gasteiger partial charge is 0.245 e. The molecule has 0 aromatic carbocycles. The van der Waals surface area contributed by atoms with Crippen molar-refractivity contribution in [2.45, 2.75) is 12.5 Å². The minimum Gasteiger partial charge on any atom is -0.310 e. The lowest BCUT2D eigenvalue weighted by Gasteiger charge is -2.05. The molecule has 1 amide bonds. The number of hydrogen-bond acceptors (Lipinski definition) is 4. The topological polar surface area (TPSA) is 78.4 Å². The van der Waals surface area contributed by atoms with Crippen LogP contribution in [-0.4, -0.2) is 30.5 Å². The van der Waals surface area contributed by atoms with Crippen molar-refractivity contribution in [3.05, 3.63) is 0 Å². The zero-order valence-corrected chi connectivity index (χ0v) is 5.63. The van der Waals surface area contributed by atoms with Crippen LogP contribution in [0.3, 0.4) is 0 Å². The van der Waals surface area contributed by atoms with Crippen molar-refractivity contribution in [3.8, 4) is 0 Å². The number of amides is 1. The van der Waals surface area contributed by atoms with Crippen LogP contribution in [0.1, 0.15) is 6.42 Å². The molecule has 0 aromatic heterocycles. The first kappa shape index (κ1) is 9.06. The highest BCUT2D eigenvalue weighted by Gasteiger charge is 2.08. The Hall–Kier alpha value is -0.940. The van der Waals surface area contributed by atoms with Gasteiger partial charge in [0, 0.05) is 0 Å². The summed E-state index contributed by atoms with van der Waals surface area (Å²) in [5.74, 6) is -0.577. The molecule has 0 spiro atoms. The van der Waals surface area contributed by atoms with Crippen LogP contribution >= 0.6 is 0 Å². The van der Waals surface area contributed by atoms with Gasteiger partial charge in [0.15, 0.2) is 0 Å². The highest BCUT2D eigenvalue weighted by Crippen LogP contribution is 1.84. The Balaban J connectivity index is 3.62. The van der Waals surface area contributed by atoms with Crippen LogP contribution in [0.5, 0.6) is 0 Å². The normalized spacial score (nSPS) is 12.2. The molecule has 3 N–H and O–H groups in total. The number of nitrogens with one attached hydrogen (secondary N) is 2. The minimum absolute atomic E-state index is 0.0451. The van der Waals surface area contributed by atoms with E-state index in [0.717, 1.165) is 0 Å². The van der Waals surface area contributed by atoms with E-state index in [0.29, 0.717) is 6.29 Å². The summed E-state index contributed by atoms with van der Waals surface area (Å²) in [6, 6.07) is -0.521. The molecule has 0 radical (unpaired) electrons. The number of rotatable bonds is 4. The van der Waals surface area contributed by atoms with Gasteiger partial charge in [-0.1, -0.05) is 0 Å². The lowest BCUT2D eigenvalue weighted by atomic mass is 10.2. The molecular formula is C5H10N2O3. The molecule has 0 saturated carbocycles. The second-order valence-electron chi connectivity index (χ2n) is 1.77. The van der Waals surface area contributed by atoms with E-state index >= 15 is 0 Å². The van der Waals surface area contributed by atoms with Gasteiger partial charge in [0.05, 0.1) is 12.5 Å². The number of hydroxylamine groups is 1. The first-order valence-corrected chi connectivity index (χ1v) is 2.80. The number of likely N-dealkylation sites (N-methyl/N-ethyl adjacent to an activating group) is 1. The number of carbonyl (C=O) groups is 2. The van der Waals surface area contributed by atoms with E-state index in [1.54, 1.807) is 7.05 Å². The van der Waals surface area contributed by atoms with E-state index in [-0.39, 0.29) is 6.42 Å². The summed E-state index contributed by atoms with van der Waals surface area (Å²) >= 11 is 0. The molecule has 0 aliphatic rings. The van der Waals surface area contributed by atoms with Crippen LogP contribution in [0.4, 0.5) is 0 Å². The second kappa shape index (κ2) is 4.89. The van der Waals surface area contributed by atoms with Crippen LogP contribution in [-0.2, 0) is 9.59 Å². The molecule has 5 nitrogen and oxygen atoms in total. The molecular weight excluding hydrogens is 136 g/mol. The maximum atomic E-state index is 10.4. The summed E-state index contributed by atoms with van der Waals surface area (Å²) < 4.78 is 0. The van der Waals surface area contributed by atoms with E-state index in [2.05, 4.69) is 5.32 Å². The van der Waals surface area contributed by atoms with Crippen molar-refractivity contribution in [1.29, 1.82) is 0 Å². The summed E-state index contributed by atoms with van der Waals surface area (Å²) in [5.41, 5.74) is 1.43. The molecule has 58 valence electrons. The van der Waals surface area contributed by atoms with Crippen molar-refractivity contribution in [2.24, 2.45) is 0 Å². The van der Waals surface area contributed by atoms with Crippen molar-refractivity contribution in [3.63, 3.8) is 0 Å². The van der Waals surface area contributed by atoms with E-state index in [9.17, 15) is 9.59 Å². The molecule has 1 unspecified atom stereocenters. The predicted octanol–water partition coefficient (Wildman–Crippen LogP) is -1.33. The Bertz CT molecular complexity index is 126. The molecule has 0 fully saturated rings.